The fourth-order valence-electron chi connectivity index (χ4n) is 2.70. The molecule has 5 nitrogen and oxygen atoms in total. The zero-order chi connectivity index (χ0) is 18.1. The maximum absolute atomic E-state index is 13.5. The second-order valence-electron chi connectivity index (χ2n) is 6.17. The third kappa shape index (κ3) is 3.25. The third-order valence-corrected chi connectivity index (χ3v) is 4.98. The van der Waals surface area contributed by atoms with Crippen molar-refractivity contribution in [2.24, 2.45) is 0 Å². The Morgan fingerprint density at radius 1 is 1.15 bits per heavy atom. The van der Waals surface area contributed by atoms with Gasteiger partial charge >= 0.3 is 0 Å². The molecule has 0 aliphatic carbocycles. The van der Waals surface area contributed by atoms with Gasteiger partial charge in [-0.3, -0.25) is 0 Å². The standard InChI is InChI=1S/C19H18FN5S/c1-24(2)16-8-6-13(7-9-16)11-21-18-23-25-17(12-22-19(25)26-18)14-4-3-5-15(20)10-14/h3-10,12H,11H2,1-2H3,(H,21,23). The summed E-state index contributed by atoms with van der Waals surface area (Å²) < 4.78 is 15.2. The summed E-state index contributed by atoms with van der Waals surface area (Å²) in [7, 11) is 4.05. The molecular formula is C19H18FN5S. The molecule has 0 saturated carbocycles. The minimum atomic E-state index is -0.271. The van der Waals surface area contributed by atoms with E-state index in [1.807, 2.05) is 20.2 Å². The van der Waals surface area contributed by atoms with Gasteiger partial charge in [0, 0.05) is 31.9 Å². The summed E-state index contributed by atoms with van der Waals surface area (Å²) in [5.74, 6) is -0.271. The highest BCUT2D eigenvalue weighted by Gasteiger charge is 2.12. The van der Waals surface area contributed by atoms with Crippen molar-refractivity contribution in [3.8, 4) is 11.3 Å². The summed E-state index contributed by atoms with van der Waals surface area (Å²) >= 11 is 1.47. The Morgan fingerprint density at radius 3 is 2.69 bits per heavy atom. The number of fused-ring (bicyclic) bond motifs is 1. The number of halogens is 1. The Kier molecular flexibility index (Phi) is 4.30. The Hall–Kier alpha value is -2.93. The number of aromatic nitrogens is 3. The first kappa shape index (κ1) is 16.5. The first-order valence-corrected chi connectivity index (χ1v) is 9.02. The van der Waals surface area contributed by atoms with Gasteiger partial charge in [0.05, 0.1) is 11.9 Å². The largest absolute Gasteiger partial charge is 0.378 e. The number of nitrogens with zero attached hydrogens (tertiary/aromatic N) is 4. The van der Waals surface area contributed by atoms with Gasteiger partial charge in [0.1, 0.15) is 5.82 Å². The van der Waals surface area contributed by atoms with Crippen LogP contribution in [0, 0.1) is 5.82 Å². The maximum Gasteiger partial charge on any atom is 0.214 e. The van der Waals surface area contributed by atoms with Crippen molar-refractivity contribution < 1.29 is 4.39 Å². The highest BCUT2D eigenvalue weighted by molar-refractivity contribution is 7.20. The molecule has 2 aromatic carbocycles. The van der Waals surface area contributed by atoms with E-state index >= 15 is 0 Å². The first-order valence-electron chi connectivity index (χ1n) is 8.21. The number of imidazole rings is 1. The molecule has 2 heterocycles. The average molecular weight is 367 g/mol. The van der Waals surface area contributed by atoms with E-state index in [9.17, 15) is 4.39 Å². The molecule has 0 bridgehead atoms. The molecule has 4 aromatic rings. The number of anilines is 2. The van der Waals surface area contributed by atoms with E-state index in [1.165, 1.54) is 34.7 Å². The van der Waals surface area contributed by atoms with Gasteiger partial charge in [0.25, 0.3) is 0 Å². The van der Waals surface area contributed by atoms with Gasteiger partial charge in [0.15, 0.2) is 0 Å². The lowest BCUT2D eigenvalue weighted by Crippen LogP contribution is -2.08. The average Bonchev–Trinajstić information content (AvgIpc) is 3.20. The normalized spacial score (nSPS) is 11.0. The monoisotopic (exact) mass is 367 g/mol. The fourth-order valence-corrected chi connectivity index (χ4v) is 3.47. The van der Waals surface area contributed by atoms with Crippen molar-refractivity contribution in [2.45, 2.75) is 6.54 Å². The SMILES string of the molecule is CN(C)c1ccc(CNc2nn3c(-c4cccc(F)c4)cnc3s2)cc1. The minimum Gasteiger partial charge on any atom is -0.378 e. The molecule has 1 N–H and O–H groups in total. The van der Waals surface area contributed by atoms with Gasteiger partial charge in [0.2, 0.25) is 10.1 Å². The summed E-state index contributed by atoms with van der Waals surface area (Å²) in [6.45, 7) is 0.680. The Labute approximate surface area is 154 Å². The quantitative estimate of drug-likeness (QED) is 0.572. The third-order valence-electron chi connectivity index (χ3n) is 4.10. The number of hydrogen-bond donors (Lipinski definition) is 1. The molecule has 0 spiro atoms. The number of rotatable bonds is 5. The van der Waals surface area contributed by atoms with Gasteiger partial charge in [-0.2, -0.15) is 0 Å². The van der Waals surface area contributed by atoms with E-state index in [-0.39, 0.29) is 5.82 Å². The van der Waals surface area contributed by atoms with Crippen LogP contribution in [0.3, 0.4) is 0 Å². The van der Waals surface area contributed by atoms with Crippen LogP contribution in [0.2, 0.25) is 0 Å². The van der Waals surface area contributed by atoms with Crippen LogP contribution in [0.5, 0.6) is 0 Å². The second-order valence-corrected chi connectivity index (χ2v) is 7.13. The van der Waals surface area contributed by atoms with Gasteiger partial charge in [-0.15, -0.1) is 5.10 Å². The van der Waals surface area contributed by atoms with Crippen LogP contribution in [0.4, 0.5) is 15.2 Å². The number of benzene rings is 2. The van der Waals surface area contributed by atoms with Crippen molar-refractivity contribution in [1.82, 2.24) is 14.6 Å². The smallest absolute Gasteiger partial charge is 0.214 e. The molecule has 4 rings (SSSR count). The van der Waals surface area contributed by atoms with Gasteiger partial charge < -0.3 is 10.2 Å². The van der Waals surface area contributed by atoms with E-state index in [2.05, 4.69) is 44.6 Å². The maximum atomic E-state index is 13.5. The summed E-state index contributed by atoms with van der Waals surface area (Å²) in [4.78, 5) is 7.23. The van der Waals surface area contributed by atoms with E-state index in [0.29, 0.717) is 6.54 Å². The van der Waals surface area contributed by atoms with Crippen LogP contribution in [0.1, 0.15) is 5.56 Å². The molecule has 0 aliphatic heterocycles. The molecule has 26 heavy (non-hydrogen) atoms. The summed E-state index contributed by atoms with van der Waals surface area (Å²) in [5.41, 5.74) is 3.88. The Bertz CT molecular complexity index is 1040. The van der Waals surface area contributed by atoms with Crippen molar-refractivity contribution in [3.63, 3.8) is 0 Å². The molecular weight excluding hydrogens is 349 g/mol. The molecule has 0 saturated heterocycles. The minimum absolute atomic E-state index is 0.271. The Morgan fingerprint density at radius 2 is 1.96 bits per heavy atom. The first-order chi connectivity index (χ1) is 12.6. The van der Waals surface area contributed by atoms with Crippen LogP contribution in [-0.4, -0.2) is 28.7 Å². The van der Waals surface area contributed by atoms with Gasteiger partial charge in [-0.25, -0.2) is 13.9 Å². The molecule has 0 unspecified atom stereocenters. The predicted octanol–water partition coefficient (Wildman–Crippen LogP) is 4.28. The molecule has 0 aliphatic rings. The van der Waals surface area contributed by atoms with Crippen LogP contribution in [0.15, 0.2) is 54.7 Å². The fraction of sp³-hybridized carbons (Fsp3) is 0.158. The van der Waals surface area contributed by atoms with Crippen molar-refractivity contribution in [3.05, 3.63) is 66.1 Å². The lowest BCUT2D eigenvalue weighted by atomic mass is 10.2. The second kappa shape index (κ2) is 6.76. The molecule has 7 heteroatoms. The Balaban J connectivity index is 1.53. The predicted molar refractivity (Wildman–Crippen MR) is 104 cm³/mol. The number of nitrogens with one attached hydrogen (secondary N) is 1. The van der Waals surface area contributed by atoms with E-state index in [4.69, 9.17) is 0 Å². The highest BCUT2D eigenvalue weighted by atomic mass is 32.1. The zero-order valence-corrected chi connectivity index (χ0v) is 15.3. The van der Waals surface area contributed by atoms with E-state index in [1.54, 1.807) is 16.8 Å². The molecule has 2 aromatic heterocycles. The lowest BCUT2D eigenvalue weighted by Gasteiger charge is -2.12. The topological polar surface area (TPSA) is 45.5 Å². The lowest BCUT2D eigenvalue weighted by molar-refractivity contribution is 0.628. The van der Waals surface area contributed by atoms with Crippen LogP contribution in [-0.2, 0) is 6.54 Å². The van der Waals surface area contributed by atoms with Crippen molar-refractivity contribution in [2.75, 3.05) is 24.3 Å². The molecule has 132 valence electrons. The summed E-state index contributed by atoms with van der Waals surface area (Å²) in [6.07, 6.45) is 1.72. The highest BCUT2D eigenvalue weighted by Crippen LogP contribution is 2.26. The van der Waals surface area contributed by atoms with E-state index < -0.39 is 0 Å². The molecule has 0 fully saturated rings. The van der Waals surface area contributed by atoms with Crippen LogP contribution in [0.25, 0.3) is 16.2 Å². The van der Waals surface area contributed by atoms with E-state index in [0.717, 1.165) is 21.3 Å². The molecule has 0 atom stereocenters. The number of hydrogen-bond acceptors (Lipinski definition) is 5. The van der Waals surface area contributed by atoms with Crippen molar-refractivity contribution in [1.29, 1.82) is 0 Å². The van der Waals surface area contributed by atoms with Crippen LogP contribution >= 0.6 is 11.3 Å². The van der Waals surface area contributed by atoms with Gasteiger partial charge in [-0.1, -0.05) is 35.6 Å². The van der Waals surface area contributed by atoms with Crippen molar-refractivity contribution >= 4 is 27.1 Å². The van der Waals surface area contributed by atoms with Crippen LogP contribution < -0.4 is 10.2 Å². The molecule has 0 radical (unpaired) electrons. The molecule has 0 amide bonds. The summed E-state index contributed by atoms with van der Waals surface area (Å²) in [6, 6.07) is 14.8. The summed E-state index contributed by atoms with van der Waals surface area (Å²) in [5, 5.41) is 8.68. The zero-order valence-electron chi connectivity index (χ0n) is 14.5. The van der Waals surface area contributed by atoms with Gasteiger partial charge in [-0.05, 0) is 29.8 Å².